The molecule has 0 atom stereocenters. The number of carbonyl (C=O) groups is 1. The molecule has 3 aliphatic heterocycles. The smallest absolute Gasteiger partial charge is 0.320 e. The van der Waals surface area contributed by atoms with E-state index < -0.39 is 0 Å². The Morgan fingerprint density at radius 3 is 2.57 bits per heavy atom. The standard InChI is InChI=1S/C19H27N7O2/c1-23-15(2-5-22-23)16-14-20-17-19(21-6-9-26(16)17)3-7-24(8-4-19)18(27)25-10-12-28-13-11-25/h2,5,14,21H,3-4,6-13H2,1H3. The first-order chi connectivity index (χ1) is 13.7. The third-order valence-electron chi connectivity index (χ3n) is 6.33. The fourth-order valence-electron chi connectivity index (χ4n) is 4.73. The molecule has 5 rings (SSSR count). The molecule has 3 aliphatic rings. The van der Waals surface area contributed by atoms with Gasteiger partial charge in [-0.1, -0.05) is 0 Å². The van der Waals surface area contributed by atoms with E-state index in [-0.39, 0.29) is 11.6 Å². The third kappa shape index (κ3) is 2.80. The van der Waals surface area contributed by atoms with E-state index in [1.165, 1.54) is 0 Å². The van der Waals surface area contributed by atoms with Crippen LogP contribution in [-0.4, -0.2) is 81.1 Å². The van der Waals surface area contributed by atoms with Gasteiger partial charge in [-0.15, -0.1) is 0 Å². The number of aryl methyl sites for hydroxylation is 1. The van der Waals surface area contributed by atoms with E-state index in [4.69, 9.17) is 9.72 Å². The third-order valence-corrected chi connectivity index (χ3v) is 6.33. The van der Waals surface area contributed by atoms with Gasteiger partial charge in [0.05, 0.1) is 36.3 Å². The van der Waals surface area contributed by atoms with Crippen LogP contribution in [0.4, 0.5) is 4.79 Å². The number of hydrogen-bond donors (Lipinski definition) is 1. The van der Waals surface area contributed by atoms with E-state index in [2.05, 4.69) is 15.0 Å². The monoisotopic (exact) mass is 385 g/mol. The van der Waals surface area contributed by atoms with Crippen LogP contribution in [-0.2, 0) is 23.9 Å². The molecule has 28 heavy (non-hydrogen) atoms. The normalized spacial score (nSPS) is 21.8. The van der Waals surface area contributed by atoms with Crippen molar-refractivity contribution in [1.82, 2.24) is 34.4 Å². The number of imidazole rings is 1. The van der Waals surface area contributed by atoms with Gasteiger partial charge < -0.3 is 24.4 Å². The topological polar surface area (TPSA) is 80.5 Å². The summed E-state index contributed by atoms with van der Waals surface area (Å²) in [7, 11) is 1.96. The largest absolute Gasteiger partial charge is 0.378 e. The van der Waals surface area contributed by atoms with Crippen molar-refractivity contribution in [3.05, 3.63) is 24.3 Å². The highest BCUT2D eigenvalue weighted by Gasteiger charge is 2.43. The Bertz CT molecular complexity index is 860. The Morgan fingerprint density at radius 1 is 1.11 bits per heavy atom. The molecule has 0 saturated carbocycles. The minimum Gasteiger partial charge on any atom is -0.378 e. The molecule has 0 unspecified atom stereocenters. The second-order valence-corrected chi connectivity index (χ2v) is 7.84. The van der Waals surface area contributed by atoms with Gasteiger partial charge in [-0.3, -0.25) is 4.68 Å². The van der Waals surface area contributed by atoms with Crippen LogP contribution in [0.1, 0.15) is 18.7 Å². The lowest BCUT2D eigenvalue weighted by molar-refractivity contribution is 0.0363. The number of ether oxygens (including phenoxy) is 1. The summed E-state index contributed by atoms with van der Waals surface area (Å²) in [6, 6.07) is 2.18. The first kappa shape index (κ1) is 17.7. The SMILES string of the molecule is Cn1nccc1-c1cnc2n1CCNC21CCN(C(=O)N2CCOCC2)CC1. The quantitative estimate of drug-likeness (QED) is 0.779. The minimum absolute atomic E-state index is 0.146. The lowest BCUT2D eigenvalue weighted by Gasteiger charge is -2.45. The van der Waals surface area contributed by atoms with Crippen LogP contribution in [0.25, 0.3) is 11.4 Å². The maximum Gasteiger partial charge on any atom is 0.320 e. The van der Waals surface area contributed by atoms with Gasteiger partial charge in [0.1, 0.15) is 5.82 Å². The van der Waals surface area contributed by atoms with Crippen LogP contribution in [0.5, 0.6) is 0 Å². The predicted octanol–water partition coefficient (Wildman–Crippen LogP) is 0.630. The van der Waals surface area contributed by atoms with E-state index in [1.54, 1.807) is 0 Å². The Hall–Kier alpha value is -2.39. The molecule has 5 heterocycles. The van der Waals surface area contributed by atoms with Gasteiger partial charge in [-0.05, 0) is 18.9 Å². The predicted molar refractivity (Wildman–Crippen MR) is 103 cm³/mol. The summed E-state index contributed by atoms with van der Waals surface area (Å²) in [4.78, 5) is 21.5. The van der Waals surface area contributed by atoms with E-state index >= 15 is 0 Å². The minimum atomic E-state index is -0.156. The van der Waals surface area contributed by atoms with Crippen LogP contribution in [0.2, 0.25) is 0 Å². The summed E-state index contributed by atoms with van der Waals surface area (Å²) in [5.74, 6) is 1.09. The number of carbonyl (C=O) groups excluding carboxylic acids is 1. The lowest BCUT2D eigenvalue weighted by atomic mass is 9.85. The average Bonchev–Trinajstić information content (AvgIpc) is 3.35. The Balaban J connectivity index is 1.35. The maximum absolute atomic E-state index is 12.8. The highest BCUT2D eigenvalue weighted by atomic mass is 16.5. The number of nitrogens with one attached hydrogen (secondary N) is 1. The van der Waals surface area contributed by atoms with E-state index in [1.807, 2.05) is 40.0 Å². The molecule has 9 nitrogen and oxygen atoms in total. The molecular formula is C19H27N7O2. The molecule has 0 bridgehead atoms. The number of piperidine rings is 1. The Kier molecular flexibility index (Phi) is 4.36. The molecule has 150 valence electrons. The summed E-state index contributed by atoms with van der Waals surface area (Å²) in [5.41, 5.74) is 2.04. The van der Waals surface area contributed by atoms with Crippen molar-refractivity contribution in [1.29, 1.82) is 0 Å². The molecule has 2 aromatic rings. The van der Waals surface area contributed by atoms with Crippen molar-refractivity contribution in [2.24, 2.45) is 7.05 Å². The Morgan fingerprint density at radius 2 is 1.86 bits per heavy atom. The van der Waals surface area contributed by atoms with Gasteiger partial charge in [0, 0.05) is 52.5 Å². The molecule has 0 aromatic carbocycles. The highest BCUT2D eigenvalue weighted by molar-refractivity contribution is 5.74. The molecule has 9 heteroatoms. The summed E-state index contributed by atoms with van der Waals surface area (Å²) >= 11 is 0. The van der Waals surface area contributed by atoms with Crippen LogP contribution in [0, 0.1) is 0 Å². The fourth-order valence-corrected chi connectivity index (χ4v) is 4.73. The van der Waals surface area contributed by atoms with Crippen LogP contribution < -0.4 is 5.32 Å². The fraction of sp³-hybridized carbons (Fsp3) is 0.632. The summed E-state index contributed by atoms with van der Waals surface area (Å²) in [6.45, 7) is 5.96. The number of hydrogen-bond acceptors (Lipinski definition) is 5. The zero-order valence-electron chi connectivity index (χ0n) is 16.3. The van der Waals surface area contributed by atoms with Crippen molar-refractivity contribution in [3.8, 4) is 11.4 Å². The summed E-state index contributed by atoms with van der Waals surface area (Å²) in [6.07, 6.45) is 5.55. The van der Waals surface area contributed by atoms with Gasteiger partial charge in [0.2, 0.25) is 0 Å². The number of aromatic nitrogens is 4. The lowest BCUT2D eigenvalue weighted by Crippen LogP contribution is -2.58. The van der Waals surface area contributed by atoms with Crippen molar-refractivity contribution >= 4 is 6.03 Å². The van der Waals surface area contributed by atoms with E-state index in [0.29, 0.717) is 26.3 Å². The molecule has 0 radical (unpaired) electrons. The molecule has 2 saturated heterocycles. The number of nitrogens with zero attached hydrogens (tertiary/aromatic N) is 6. The number of rotatable bonds is 1. The molecule has 2 amide bonds. The number of morpholine rings is 1. The van der Waals surface area contributed by atoms with Crippen molar-refractivity contribution in [2.45, 2.75) is 24.9 Å². The van der Waals surface area contributed by atoms with Crippen LogP contribution in [0.3, 0.4) is 0 Å². The second-order valence-electron chi connectivity index (χ2n) is 7.84. The number of fused-ring (bicyclic) bond motifs is 2. The zero-order chi connectivity index (χ0) is 19.1. The average molecular weight is 385 g/mol. The number of likely N-dealkylation sites (tertiary alicyclic amines) is 1. The van der Waals surface area contributed by atoms with Crippen LogP contribution >= 0.6 is 0 Å². The molecule has 2 aromatic heterocycles. The van der Waals surface area contributed by atoms with Crippen molar-refractivity contribution in [3.63, 3.8) is 0 Å². The van der Waals surface area contributed by atoms with Crippen LogP contribution in [0.15, 0.2) is 18.5 Å². The van der Waals surface area contributed by atoms with E-state index in [0.717, 1.165) is 56.2 Å². The highest BCUT2D eigenvalue weighted by Crippen LogP contribution is 2.36. The van der Waals surface area contributed by atoms with Gasteiger partial charge >= 0.3 is 6.03 Å². The molecule has 0 aliphatic carbocycles. The van der Waals surface area contributed by atoms with Gasteiger partial charge in [-0.25, -0.2) is 9.78 Å². The molecule has 1 N–H and O–H groups in total. The molecular weight excluding hydrogens is 358 g/mol. The van der Waals surface area contributed by atoms with Gasteiger partial charge in [-0.2, -0.15) is 5.10 Å². The van der Waals surface area contributed by atoms with Crippen molar-refractivity contribution < 1.29 is 9.53 Å². The van der Waals surface area contributed by atoms with Gasteiger partial charge in [0.25, 0.3) is 0 Å². The maximum atomic E-state index is 12.8. The first-order valence-corrected chi connectivity index (χ1v) is 10.1. The number of urea groups is 1. The van der Waals surface area contributed by atoms with E-state index in [9.17, 15) is 4.79 Å². The second kappa shape index (κ2) is 6.89. The zero-order valence-corrected chi connectivity index (χ0v) is 16.3. The molecule has 2 fully saturated rings. The summed E-state index contributed by atoms with van der Waals surface area (Å²) < 4.78 is 9.59. The van der Waals surface area contributed by atoms with Crippen molar-refractivity contribution in [2.75, 3.05) is 45.9 Å². The van der Waals surface area contributed by atoms with Gasteiger partial charge in [0.15, 0.2) is 0 Å². The summed E-state index contributed by atoms with van der Waals surface area (Å²) in [5, 5.41) is 8.03. The Labute approximate surface area is 164 Å². The molecule has 1 spiro atoms. The number of amides is 2. The first-order valence-electron chi connectivity index (χ1n) is 10.1.